The minimum atomic E-state index is -0.530. The topological polar surface area (TPSA) is 72.5 Å². The van der Waals surface area contributed by atoms with Gasteiger partial charge in [0, 0.05) is 5.75 Å². The van der Waals surface area contributed by atoms with E-state index in [2.05, 4.69) is 0 Å². The molecule has 0 aliphatic carbocycles. The highest BCUT2D eigenvalue weighted by atomic mass is 32.2. The van der Waals surface area contributed by atoms with Crippen LogP contribution in [0, 0.1) is 0 Å². The van der Waals surface area contributed by atoms with E-state index in [0.717, 1.165) is 17.1 Å². The van der Waals surface area contributed by atoms with E-state index in [1.807, 2.05) is 12.1 Å². The van der Waals surface area contributed by atoms with Crippen molar-refractivity contribution in [3.8, 4) is 5.75 Å². The molecule has 0 saturated carbocycles. The van der Waals surface area contributed by atoms with Gasteiger partial charge in [-0.05, 0) is 36.8 Å². The summed E-state index contributed by atoms with van der Waals surface area (Å²) in [7, 11) is 0. The molecule has 0 fully saturated rings. The highest BCUT2D eigenvalue weighted by Gasteiger charge is 2.13. The Hall–Kier alpha value is -1.20. The van der Waals surface area contributed by atoms with E-state index in [9.17, 15) is 4.79 Å². The van der Waals surface area contributed by atoms with Gasteiger partial charge in [0.15, 0.2) is 0 Å². The van der Waals surface area contributed by atoms with Gasteiger partial charge in [0.2, 0.25) is 0 Å². The molecular weight excluding hydrogens is 250 g/mol. The van der Waals surface area contributed by atoms with Gasteiger partial charge in [0.25, 0.3) is 0 Å². The van der Waals surface area contributed by atoms with Crippen LogP contribution in [0.5, 0.6) is 5.75 Å². The molecule has 1 atom stereocenters. The predicted octanol–water partition coefficient (Wildman–Crippen LogP) is 1.91. The molecule has 1 aromatic carbocycles. The molecule has 3 N–H and O–H groups in total. The Morgan fingerprint density at radius 3 is 2.72 bits per heavy atom. The van der Waals surface area contributed by atoms with Crippen LogP contribution in [0.4, 0.5) is 0 Å². The summed E-state index contributed by atoms with van der Waals surface area (Å²) in [5, 5.41) is 9.14. The monoisotopic (exact) mass is 269 g/mol. The molecule has 4 nitrogen and oxygen atoms in total. The Kier molecular flexibility index (Phi) is 6.60. The Balaban J connectivity index is 2.18. The highest BCUT2D eigenvalue weighted by Crippen LogP contribution is 2.16. The summed E-state index contributed by atoms with van der Waals surface area (Å²) in [5.41, 5.74) is 6.82. The van der Waals surface area contributed by atoms with Gasteiger partial charge < -0.3 is 15.6 Å². The lowest BCUT2D eigenvalue weighted by atomic mass is 10.2. The third kappa shape index (κ3) is 5.42. The number of phenolic OH excluding ortho intramolecular Hbond substituents is 1. The zero-order valence-electron chi connectivity index (χ0n) is 10.5. The molecule has 0 bridgehead atoms. The molecule has 1 rings (SSSR count). The SMILES string of the molecule is CCOC(=O)C(N)CCSCc1ccc(O)cc1. The number of phenols is 1. The third-order valence-corrected chi connectivity index (χ3v) is 3.43. The van der Waals surface area contributed by atoms with Crippen molar-refractivity contribution >= 4 is 17.7 Å². The molecule has 0 radical (unpaired) electrons. The van der Waals surface area contributed by atoms with Crippen molar-refractivity contribution in [3.05, 3.63) is 29.8 Å². The fourth-order valence-electron chi connectivity index (χ4n) is 1.36. The van der Waals surface area contributed by atoms with Crippen molar-refractivity contribution in [1.82, 2.24) is 0 Å². The van der Waals surface area contributed by atoms with Gasteiger partial charge in [-0.3, -0.25) is 4.79 Å². The maximum Gasteiger partial charge on any atom is 0.322 e. The van der Waals surface area contributed by atoms with Crippen LogP contribution in [0.2, 0.25) is 0 Å². The summed E-state index contributed by atoms with van der Waals surface area (Å²) >= 11 is 1.71. The normalized spacial score (nSPS) is 12.1. The second kappa shape index (κ2) is 8.00. The van der Waals surface area contributed by atoms with Gasteiger partial charge in [-0.2, -0.15) is 11.8 Å². The first-order chi connectivity index (χ1) is 8.63. The number of carbonyl (C=O) groups excluding carboxylic acids is 1. The molecule has 0 saturated heterocycles. The molecule has 0 heterocycles. The van der Waals surface area contributed by atoms with Crippen LogP contribution in [0.1, 0.15) is 18.9 Å². The summed E-state index contributed by atoms with van der Waals surface area (Å²) in [6.07, 6.45) is 0.613. The van der Waals surface area contributed by atoms with E-state index in [0.29, 0.717) is 13.0 Å². The lowest BCUT2D eigenvalue weighted by molar-refractivity contribution is -0.144. The van der Waals surface area contributed by atoms with Gasteiger partial charge in [-0.25, -0.2) is 0 Å². The summed E-state index contributed by atoms with van der Waals surface area (Å²) in [6, 6.07) is 6.57. The minimum absolute atomic E-state index is 0.271. The fourth-order valence-corrected chi connectivity index (χ4v) is 2.35. The number of nitrogens with two attached hydrogens (primary N) is 1. The summed E-state index contributed by atoms with van der Waals surface area (Å²) in [4.78, 5) is 11.3. The molecule has 0 aliphatic rings. The van der Waals surface area contributed by atoms with E-state index in [-0.39, 0.29) is 11.7 Å². The quantitative estimate of drug-likeness (QED) is 0.584. The van der Waals surface area contributed by atoms with Gasteiger partial charge in [-0.1, -0.05) is 12.1 Å². The maximum atomic E-state index is 11.3. The van der Waals surface area contributed by atoms with E-state index in [1.54, 1.807) is 30.8 Å². The van der Waals surface area contributed by atoms with Gasteiger partial charge in [0.1, 0.15) is 11.8 Å². The zero-order valence-corrected chi connectivity index (χ0v) is 11.3. The molecule has 0 aromatic heterocycles. The lowest BCUT2D eigenvalue weighted by Gasteiger charge is -2.09. The highest BCUT2D eigenvalue weighted by molar-refractivity contribution is 7.98. The van der Waals surface area contributed by atoms with Crippen LogP contribution in [-0.2, 0) is 15.3 Å². The van der Waals surface area contributed by atoms with Crippen molar-refractivity contribution in [2.75, 3.05) is 12.4 Å². The smallest absolute Gasteiger partial charge is 0.322 e. The number of esters is 1. The molecule has 18 heavy (non-hydrogen) atoms. The lowest BCUT2D eigenvalue weighted by Crippen LogP contribution is -2.32. The van der Waals surface area contributed by atoms with Crippen LogP contribution >= 0.6 is 11.8 Å². The summed E-state index contributed by atoms with van der Waals surface area (Å²) in [5.74, 6) is 1.59. The van der Waals surface area contributed by atoms with Gasteiger partial charge in [-0.15, -0.1) is 0 Å². The van der Waals surface area contributed by atoms with Crippen molar-refractivity contribution in [1.29, 1.82) is 0 Å². The van der Waals surface area contributed by atoms with Gasteiger partial charge >= 0.3 is 5.97 Å². The molecule has 100 valence electrons. The molecule has 1 aromatic rings. The Morgan fingerprint density at radius 2 is 2.11 bits per heavy atom. The molecule has 5 heteroatoms. The first-order valence-corrected chi connectivity index (χ1v) is 7.06. The summed E-state index contributed by atoms with van der Waals surface area (Å²) < 4.78 is 4.83. The average Bonchev–Trinajstić information content (AvgIpc) is 2.36. The number of benzene rings is 1. The second-order valence-corrected chi connectivity index (χ2v) is 4.97. The summed E-state index contributed by atoms with van der Waals surface area (Å²) in [6.45, 7) is 2.14. The van der Waals surface area contributed by atoms with E-state index >= 15 is 0 Å². The first-order valence-electron chi connectivity index (χ1n) is 5.91. The maximum absolute atomic E-state index is 11.3. The van der Waals surface area contributed by atoms with Crippen LogP contribution in [0.25, 0.3) is 0 Å². The van der Waals surface area contributed by atoms with E-state index < -0.39 is 6.04 Å². The Morgan fingerprint density at radius 1 is 1.44 bits per heavy atom. The predicted molar refractivity (Wildman–Crippen MR) is 73.5 cm³/mol. The Bertz CT molecular complexity index is 367. The number of ether oxygens (including phenoxy) is 1. The molecule has 1 unspecified atom stereocenters. The second-order valence-electron chi connectivity index (χ2n) is 3.87. The number of hydrogen-bond acceptors (Lipinski definition) is 5. The van der Waals surface area contributed by atoms with E-state index in [4.69, 9.17) is 15.6 Å². The minimum Gasteiger partial charge on any atom is -0.508 e. The van der Waals surface area contributed by atoms with Gasteiger partial charge in [0.05, 0.1) is 6.61 Å². The van der Waals surface area contributed by atoms with Crippen molar-refractivity contribution in [2.24, 2.45) is 5.73 Å². The largest absolute Gasteiger partial charge is 0.508 e. The molecule has 0 aliphatic heterocycles. The number of aromatic hydroxyl groups is 1. The number of carbonyl (C=O) groups is 1. The third-order valence-electron chi connectivity index (χ3n) is 2.37. The van der Waals surface area contributed by atoms with Crippen LogP contribution in [0.15, 0.2) is 24.3 Å². The molecule has 0 amide bonds. The number of rotatable bonds is 7. The Labute approximate surface area is 112 Å². The van der Waals surface area contributed by atoms with E-state index in [1.165, 1.54) is 0 Å². The van der Waals surface area contributed by atoms with Crippen molar-refractivity contribution < 1.29 is 14.6 Å². The molecule has 0 spiro atoms. The van der Waals surface area contributed by atoms with Crippen LogP contribution < -0.4 is 5.73 Å². The number of hydrogen-bond donors (Lipinski definition) is 2. The molecular formula is C13H19NO3S. The standard InChI is InChI=1S/C13H19NO3S/c1-2-17-13(16)12(14)7-8-18-9-10-3-5-11(15)6-4-10/h3-6,12,15H,2,7-9,14H2,1H3. The zero-order chi connectivity index (χ0) is 13.4. The first kappa shape index (κ1) is 14.9. The number of thioether (sulfide) groups is 1. The average molecular weight is 269 g/mol. The fraction of sp³-hybridized carbons (Fsp3) is 0.462. The van der Waals surface area contributed by atoms with Crippen molar-refractivity contribution in [2.45, 2.75) is 25.1 Å². The van der Waals surface area contributed by atoms with Crippen molar-refractivity contribution in [3.63, 3.8) is 0 Å². The van der Waals surface area contributed by atoms with Crippen LogP contribution in [0.3, 0.4) is 0 Å². The van der Waals surface area contributed by atoms with Crippen LogP contribution in [-0.4, -0.2) is 29.5 Å².